The number of esters is 1. The topological polar surface area (TPSA) is 134 Å². The molecular weight excluding hydrogens is 562 g/mol. The van der Waals surface area contributed by atoms with Crippen LogP contribution in [0.5, 0.6) is 0 Å². The molecule has 0 unspecified atom stereocenters. The number of hydrogen-bond donors (Lipinski definition) is 3. The van der Waals surface area contributed by atoms with Gasteiger partial charge >= 0.3 is 12.1 Å². The number of fused-ring (bicyclic) bond motifs is 4. The summed E-state index contributed by atoms with van der Waals surface area (Å²) in [6, 6.07) is 14.6. The Balaban J connectivity index is 1.22. The van der Waals surface area contributed by atoms with Crippen molar-refractivity contribution in [3.8, 4) is 11.1 Å². The maximum absolute atomic E-state index is 13.5. The Hall–Kier alpha value is -4.18. The van der Waals surface area contributed by atoms with E-state index in [0.29, 0.717) is 32.2 Å². The Labute approximate surface area is 257 Å². The molecule has 10 nitrogen and oxygen atoms in total. The van der Waals surface area contributed by atoms with Crippen LogP contribution in [-0.2, 0) is 23.9 Å². The average Bonchev–Trinajstić information content (AvgIpc) is 3.63. The number of allylic oxidation sites excluding steroid dienone is 2. The van der Waals surface area contributed by atoms with Crippen LogP contribution in [0, 0.1) is 5.92 Å². The Morgan fingerprint density at radius 3 is 2.45 bits per heavy atom. The van der Waals surface area contributed by atoms with Gasteiger partial charge in [-0.15, -0.1) is 0 Å². The fourth-order valence-corrected chi connectivity index (χ4v) is 6.36. The van der Waals surface area contributed by atoms with Crippen LogP contribution in [0.3, 0.4) is 0 Å². The molecule has 1 aliphatic carbocycles. The van der Waals surface area contributed by atoms with Crippen molar-refractivity contribution >= 4 is 23.9 Å². The maximum atomic E-state index is 13.5. The SMILES string of the molecule is C[C@H](CO)NC(=O)C[C@H]1CC=CCC[C@@H](NC(=O)OCC2c3ccccc3-c3ccccc32)C(=O)OC[C@@H]2CCCN2C1=O. The van der Waals surface area contributed by atoms with Gasteiger partial charge in [-0.25, -0.2) is 9.59 Å². The third-order valence-corrected chi connectivity index (χ3v) is 8.67. The van der Waals surface area contributed by atoms with Crippen molar-refractivity contribution in [2.75, 3.05) is 26.4 Å². The first-order valence-corrected chi connectivity index (χ1v) is 15.5. The van der Waals surface area contributed by atoms with Gasteiger partial charge in [0.1, 0.15) is 19.3 Å². The van der Waals surface area contributed by atoms with Gasteiger partial charge in [0.2, 0.25) is 11.8 Å². The highest BCUT2D eigenvalue weighted by Crippen LogP contribution is 2.44. The molecule has 5 rings (SSSR count). The lowest BCUT2D eigenvalue weighted by atomic mass is 9.97. The fraction of sp³-hybridized carbons (Fsp3) is 0.471. The molecule has 2 aromatic rings. The van der Waals surface area contributed by atoms with Gasteiger partial charge < -0.3 is 30.1 Å². The molecule has 1 fully saturated rings. The molecule has 3 amide bonds. The highest BCUT2D eigenvalue weighted by atomic mass is 16.6. The largest absolute Gasteiger partial charge is 0.462 e. The number of benzene rings is 2. The quantitative estimate of drug-likeness (QED) is 0.325. The van der Waals surface area contributed by atoms with E-state index in [2.05, 4.69) is 22.8 Å². The monoisotopic (exact) mass is 603 g/mol. The van der Waals surface area contributed by atoms with Crippen LogP contribution < -0.4 is 10.6 Å². The predicted molar refractivity (Wildman–Crippen MR) is 163 cm³/mol. The van der Waals surface area contributed by atoms with Crippen molar-refractivity contribution in [3.05, 3.63) is 71.8 Å². The van der Waals surface area contributed by atoms with Crippen molar-refractivity contribution in [2.24, 2.45) is 5.92 Å². The number of rotatable bonds is 7. The standard InChI is InChI=1S/C34H41N3O7/c1-22(19-38)35-31(39)18-23-10-3-2-4-16-30(33(41)43-20-24-11-9-17-37(24)32(23)40)36-34(42)44-21-29-27-14-7-5-12-25(27)26-13-6-8-15-28(26)29/h2-3,5-8,12-15,22-24,29-30,38H,4,9-11,16-21H2,1H3,(H,35,39)(H,36,42)/t22-,23-,24+,30-/m1/s1. The second-order valence-electron chi connectivity index (χ2n) is 11.8. The van der Waals surface area contributed by atoms with Gasteiger partial charge in [0, 0.05) is 24.9 Å². The summed E-state index contributed by atoms with van der Waals surface area (Å²) in [5.41, 5.74) is 4.46. The van der Waals surface area contributed by atoms with E-state index in [4.69, 9.17) is 9.47 Å². The molecule has 4 atom stereocenters. The Kier molecular flexibility index (Phi) is 10.3. The van der Waals surface area contributed by atoms with E-state index >= 15 is 0 Å². The van der Waals surface area contributed by atoms with Gasteiger partial charge in [-0.1, -0.05) is 60.7 Å². The molecule has 3 aliphatic rings. The van der Waals surface area contributed by atoms with Crippen LogP contribution >= 0.6 is 0 Å². The number of carbonyl (C=O) groups excluding carboxylic acids is 4. The van der Waals surface area contributed by atoms with E-state index in [1.807, 2.05) is 48.6 Å². The first-order chi connectivity index (χ1) is 21.4. The lowest BCUT2D eigenvalue weighted by Gasteiger charge is -2.28. The van der Waals surface area contributed by atoms with Gasteiger partial charge in [-0.3, -0.25) is 9.59 Å². The molecule has 10 heteroatoms. The lowest BCUT2D eigenvalue weighted by Crippen LogP contribution is -2.46. The number of alkyl carbamates (subject to hydrolysis) is 1. The summed E-state index contributed by atoms with van der Waals surface area (Å²) in [4.78, 5) is 53.9. The summed E-state index contributed by atoms with van der Waals surface area (Å²) in [5, 5.41) is 14.7. The van der Waals surface area contributed by atoms with Crippen molar-refractivity contribution in [1.29, 1.82) is 0 Å². The predicted octanol–water partition coefficient (Wildman–Crippen LogP) is 3.67. The van der Waals surface area contributed by atoms with E-state index in [-0.39, 0.29) is 50.0 Å². The minimum absolute atomic E-state index is 0.00247. The van der Waals surface area contributed by atoms with Gasteiger partial charge in [0.25, 0.3) is 0 Å². The summed E-state index contributed by atoms with van der Waals surface area (Å²) in [7, 11) is 0. The van der Waals surface area contributed by atoms with Crippen LogP contribution in [0.15, 0.2) is 60.7 Å². The molecule has 1 saturated heterocycles. The number of ether oxygens (including phenoxy) is 2. The number of aliphatic hydroxyl groups is 1. The van der Waals surface area contributed by atoms with E-state index in [1.54, 1.807) is 11.8 Å². The minimum Gasteiger partial charge on any atom is -0.462 e. The van der Waals surface area contributed by atoms with Gasteiger partial charge in [-0.2, -0.15) is 0 Å². The summed E-state index contributed by atoms with van der Waals surface area (Å²) >= 11 is 0. The van der Waals surface area contributed by atoms with Gasteiger partial charge in [-0.05, 0) is 61.3 Å². The molecule has 2 aromatic carbocycles. The molecule has 0 radical (unpaired) electrons. The Bertz CT molecular complexity index is 1350. The van der Waals surface area contributed by atoms with Crippen LogP contribution in [0.1, 0.15) is 62.5 Å². The molecule has 44 heavy (non-hydrogen) atoms. The van der Waals surface area contributed by atoms with Crippen LogP contribution in [0.4, 0.5) is 4.79 Å². The Morgan fingerprint density at radius 1 is 1.05 bits per heavy atom. The zero-order valence-electron chi connectivity index (χ0n) is 25.1. The van der Waals surface area contributed by atoms with E-state index in [9.17, 15) is 24.3 Å². The third-order valence-electron chi connectivity index (χ3n) is 8.67. The van der Waals surface area contributed by atoms with E-state index in [1.165, 1.54) is 0 Å². The second-order valence-corrected chi connectivity index (χ2v) is 11.8. The smallest absolute Gasteiger partial charge is 0.407 e. The fourth-order valence-electron chi connectivity index (χ4n) is 6.36. The van der Waals surface area contributed by atoms with Crippen LogP contribution in [0.2, 0.25) is 0 Å². The number of carbonyl (C=O) groups is 4. The normalized spacial score (nSPS) is 22.8. The lowest BCUT2D eigenvalue weighted by molar-refractivity contribution is -0.150. The zero-order valence-corrected chi connectivity index (χ0v) is 25.1. The van der Waals surface area contributed by atoms with Crippen molar-refractivity contribution < 1.29 is 33.8 Å². The van der Waals surface area contributed by atoms with Gasteiger partial charge in [0.15, 0.2) is 0 Å². The van der Waals surface area contributed by atoms with Crippen LogP contribution in [-0.4, -0.2) is 78.4 Å². The summed E-state index contributed by atoms with van der Waals surface area (Å²) in [6.45, 7) is 2.18. The third kappa shape index (κ3) is 7.30. The summed E-state index contributed by atoms with van der Waals surface area (Å²) in [6.07, 6.45) is 5.57. The van der Waals surface area contributed by atoms with Crippen molar-refractivity contribution in [2.45, 2.75) is 69.5 Å². The maximum Gasteiger partial charge on any atom is 0.407 e. The first-order valence-electron chi connectivity index (χ1n) is 15.5. The molecule has 0 saturated carbocycles. The van der Waals surface area contributed by atoms with Crippen LogP contribution in [0.25, 0.3) is 11.1 Å². The first kappa shape index (κ1) is 31.3. The molecule has 234 valence electrons. The number of amides is 3. The van der Waals surface area contributed by atoms with Crippen molar-refractivity contribution in [1.82, 2.24) is 15.5 Å². The summed E-state index contributed by atoms with van der Waals surface area (Å²) in [5.74, 6) is -1.68. The summed E-state index contributed by atoms with van der Waals surface area (Å²) < 4.78 is 11.3. The highest BCUT2D eigenvalue weighted by molar-refractivity contribution is 5.86. The highest BCUT2D eigenvalue weighted by Gasteiger charge is 2.36. The zero-order chi connectivity index (χ0) is 31.1. The molecule has 0 spiro atoms. The number of aliphatic hydroxyl groups excluding tert-OH is 1. The number of nitrogens with one attached hydrogen (secondary N) is 2. The molecular formula is C34H41N3O7. The van der Waals surface area contributed by atoms with Crippen molar-refractivity contribution in [3.63, 3.8) is 0 Å². The molecule has 2 heterocycles. The van der Waals surface area contributed by atoms with Gasteiger partial charge in [0.05, 0.1) is 18.6 Å². The number of hydrogen-bond acceptors (Lipinski definition) is 7. The molecule has 0 bridgehead atoms. The molecule has 0 aromatic heterocycles. The Morgan fingerprint density at radius 2 is 1.75 bits per heavy atom. The van der Waals surface area contributed by atoms with E-state index in [0.717, 1.165) is 28.7 Å². The average molecular weight is 604 g/mol. The number of cyclic esters (lactones) is 1. The van der Waals surface area contributed by atoms with E-state index < -0.39 is 30.1 Å². The molecule has 3 N–H and O–H groups in total. The second kappa shape index (κ2) is 14.5. The minimum atomic E-state index is -0.914. The molecule has 2 aliphatic heterocycles. The number of nitrogens with zero attached hydrogens (tertiary/aromatic N) is 1.